The van der Waals surface area contributed by atoms with Gasteiger partial charge in [0.1, 0.15) is 5.60 Å². The second kappa shape index (κ2) is 6.48. The largest absolute Gasteiger partial charge is 0.444 e. The van der Waals surface area contributed by atoms with Crippen LogP contribution in [0.5, 0.6) is 0 Å². The number of aliphatic hydroxyl groups excluding tert-OH is 1. The Balaban J connectivity index is 1.99. The van der Waals surface area contributed by atoms with E-state index in [2.05, 4.69) is 12.1 Å². The van der Waals surface area contributed by atoms with Gasteiger partial charge in [0, 0.05) is 6.54 Å². The van der Waals surface area contributed by atoms with Crippen LogP contribution in [0.4, 0.5) is 4.79 Å². The first-order chi connectivity index (χ1) is 9.89. The summed E-state index contributed by atoms with van der Waals surface area (Å²) in [7, 11) is 0. The molecular weight excluding hydrogens is 266 g/mol. The summed E-state index contributed by atoms with van der Waals surface area (Å²) in [5, 5.41) is 9.52. The van der Waals surface area contributed by atoms with Gasteiger partial charge in [-0.25, -0.2) is 4.79 Å². The zero-order valence-electron chi connectivity index (χ0n) is 13.1. The summed E-state index contributed by atoms with van der Waals surface area (Å²) in [5.74, 6) is 0.372. The van der Waals surface area contributed by atoms with E-state index in [0.29, 0.717) is 12.5 Å². The van der Waals surface area contributed by atoms with Crippen molar-refractivity contribution in [2.45, 2.75) is 45.3 Å². The van der Waals surface area contributed by atoms with E-state index in [9.17, 15) is 9.90 Å². The molecule has 1 aromatic rings. The highest BCUT2D eigenvalue weighted by molar-refractivity contribution is 5.69. The van der Waals surface area contributed by atoms with Crippen molar-refractivity contribution in [1.29, 1.82) is 0 Å². The maximum atomic E-state index is 12.2. The molecule has 0 aliphatic carbocycles. The fraction of sp³-hybridized carbons (Fsp3) is 0.588. The molecule has 0 saturated carbocycles. The summed E-state index contributed by atoms with van der Waals surface area (Å²) in [6.45, 7) is 6.21. The number of nitrogens with zero attached hydrogens (tertiary/aromatic N) is 1. The molecule has 1 aliphatic rings. The SMILES string of the molecule is CC(C)(C)OC(=O)N1C[C@H](Cc2ccccc2)C[C@H]1CO. The molecule has 4 heteroatoms. The van der Waals surface area contributed by atoms with E-state index in [1.165, 1.54) is 5.56 Å². The standard InChI is InChI=1S/C17H25NO3/c1-17(2,3)21-16(20)18-11-14(10-15(18)12-19)9-13-7-5-4-6-8-13/h4-8,14-15,19H,9-12H2,1-3H3/t14-,15+/m1/s1. The molecule has 1 amide bonds. The molecule has 21 heavy (non-hydrogen) atoms. The van der Waals surface area contributed by atoms with Crippen molar-refractivity contribution in [2.75, 3.05) is 13.2 Å². The van der Waals surface area contributed by atoms with E-state index >= 15 is 0 Å². The smallest absolute Gasteiger partial charge is 0.410 e. The van der Waals surface area contributed by atoms with Crippen molar-refractivity contribution in [3.8, 4) is 0 Å². The quantitative estimate of drug-likeness (QED) is 0.931. The molecule has 1 aromatic carbocycles. The summed E-state index contributed by atoms with van der Waals surface area (Å²) in [6, 6.07) is 10.1. The zero-order chi connectivity index (χ0) is 15.5. The molecular formula is C17H25NO3. The fourth-order valence-corrected chi connectivity index (χ4v) is 2.83. The van der Waals surface area contributed by atoms with Crippen LogP contribution in [-0.2, 0) is 11.2 Å². The number of carbonyl (C=O) groups is 1. The van der Waals surface area contributed by atoms with Gasteiger partial charge in [-0.05, 0) is 45.1 Å². The predicted molar refractivity (Wildman–Crippen MR) is 82.1 cm³/mol. The molecule has 1 N–H and O–H groups in total. The van der Waals surface area contributed by atoms with Gasteiger partial charge in [0.25, 0.3) is 0 Å². The average Bonchev–Trinajstić information content (AvgIpc) is 2.81. The molecule has 4 nitrogen and oxygen atoms in total. The minimum Gasteiger partial charge on any atom is -0.444 e. The summed E-state index contributed by atoms with van der Waals surface area (Å²) in [4.78, 5) is 13.9. The maximum Gasteiger partial charge on any atom is 0.410 e. The van der Waals surface area contributed by atoms with Crippen LogP contribution in [0, 0.1) is 5.92 Å². The molecule has 2 rings (SSSR count). The highest BCUT2D eigenvalue weighted by Gasteiger charge is 2.36. The number of amides is 1. The predicted octanol–water partition coefficient (Wildman–Crippen LogP) is 2.85. The molecule has 0 spiro atoms. The van der Waals surface area contributed by atoms with Crippen molar-refractivity contribution < 1.29 is 14.6 Å². The number of benzene rings is 1. The number of ether oxygens (including phenoxy) is 1. The first-order valence-corrected chi connectivity index (χ1v) is 7.53. The molecule has 1 heterocycles. The molecule has 0 aromatic heterocycles. The Morgan fingerprint density at radius 2 is 2.00 bits per heavy atom. The van der Waals surface area contributed by atoms with E-state index in [1.54, 1.807) is 4.90 Å². The highest BCUT2D eigenvalue weighted by atomic mass is 16.6. The molecule has 1 aliphatic heterocycles. The number of hydrogen-bond acceptors (Lipinski definition) is 3. The van der Waals surface area contributed by atoms with Crippen LogP contribution in [0.25, 0.3) is 0 Å². The van der Waals surface area contributed by atoms with Gasteiger partial charge in [-0.2, -0.15) is 0 Å². The summed E-state index contributed by atoms with van der Waals surface area (Å²) >= 11 is 0. The topological polar surface area (TPSA) is 49.8 Å². The lowest BCUT2D eigenvalue weighted by molar-refractivity contribution is 0.0172. The number of hydrogen-bond donors (Lipinski definition) is 1. The number of rotatable bonds is 3. The molecule has 0 radical (unpaired) electrons. The van der Waals surface area contributed by atoms with Gasteiger partial charge < -0.3 is 14.7 Å². The van der Waals surface area contributed by atoms with Crippen molar-refractivity contribution in [2.24, 2.45) is 5.92 Å². The van der Waals surface area contributed by atoms with E-state index in [4.69, 9.17) is 4.74 Å². The lowest BCUT2D eigenvalue weighted by Crippen LogP contribution is -2.41. The van der Waals surface area contributed by atoms with Crippen molar-refractivity contribution in [1.82, 2.24) is 4.90 Å². The minimum absolute atomic E-state index is 0.00939. The monoisotopic (exact) mass is 291 g/mol. The van der Waals surface area contributed by atoms with Gasteiger partial charge in [0.05, 0.1) is 12.6 Å². The van der Waals surface area contributed by atoms with Crippen LogP contribution in [0.2, 0.25) is 0 Å². The molecule has 1 saturated heterocycles. The number of carbonyl (C=O) groups excluding carboxylic acids is 1. The summed E-state index contributed by atoms with van der Waals surface area (Å²) < 4.78 is 5.43. The van der Waals surface area contributed by atoms with Crippen molar-refractivity contribution >= 4 is 6.09 Å². The third-order valence-corrected chi connectivity index (χ3v) is 3.71. The number of aliphatic hydroxyl groups is 1. The Morgan fingerprint density at radius 3 is 2.57 bits per heavy atom. The molecule has 2 atom stereocenters. The fourth-order valence-electron chi connectivity index (χ4n) is 2.83. The van der Waals surface area contributed by atoms with E-state index < -0.39 is 5.60 Å². The molecule has 0 unspecified atom stereocenters. The Morgan fingerprint density at radius 1 is 1.33 bits per heavy atom. The lowest BCUT2D eigenvalue weighted by Gasteiger charge is -2.27. The van der Waals surface area contributed by atoms with E-state index in [0.717, 1.165) is 12.8 Å². The van der Waals surface area contributed by atoms with Gasteiger partial charge in [-0.3, -0.25) is 0 Å². The Kier molecular flexibility index (Phi) is 4.88. The van der Waals surface area contributed by atoms with Crippen LogP contribution < -0.4 is 0 Å². The summed E-state index contributed by atoms with van der Waals surface area (Å²) in [6.07, 6.45) is 1.43. The van der Waals surface area contributed by atoms with Gasteiger partial charge >= 0.3 is 6.09 Å². The van der Waals surface area contributed by atoms with Crippen LogP contribution >= 0.6 is 0 Å². The second-order valence-corrected chi connectivity index (χ2v) is 6.76. The minimum atomic E-state index is -0.505. The zero-order valence-corrected chi connectivity index (χ0v) is 13.1. The van der Waals surface area contributed by atoms with Gasteiger partial charge in [0.15, 0.2) is 0 Å². The van der Waals surface area contributed by atoms with Crippen molar-refractivity contribution in [3.63, 3.8) is 0 Å². The van der Waals surface area contributed by atoms with Crippen molar-refractivity contribution in [3.05, 3.63) is 35.9 Å². The van der Waals surface area contributed by atoms with E-state index in [-0.39, 0.29) is 18.7 Å². The number of likely N-dealkylation sites (tertiary alicyclic amines) is 1. The first-order valence-electron chi connectivity index (χ1n) is 7.53. The van der Waals surface area contributed by atoms with E-state index in [1.807, 2.05) is 39.0 Å². The second-order valence-electron chi connectivity index (χ2n) is 6.76. The molecule has 0 bridgehead atoms. The highest BCUT2D eigenvalue weighted by Crippen LogP contribution is 2.27. The van der Waals surface area contributed by atoms with Gasteiger partial charge in [-0.15, -0.1) is 0 Å². The van der Waals surface area contributed by atoms with Gasteiger partial charge in [-0.1, -0.05) is 30.3 Å². The van der Waals surface area contributed by atoms with Gasteiger partial charge in [0.2, 0.25) is 0 Å². The van der Waals surface area contributed by atoms with Crippen LogP contribution in [0.3, 0.4) is 0 Å². The summed E-state index contributed by atoms with van der Waals surface area (Å²) in [5.41, 5.74) is 0.763. The Hall–Kier alpha value is -1.55. The van der Waals surface area contributed by atoms with Crippen LogP contribution in [0.1, 0.15) is 32.8 Å². The first kappa shape index (κ1) is 15.8. The third kappa shape index (κ3) is 4.46. The van der Waals surface area contributed by atoms with Crippen LogP contribution in [0.15, 0.2) is 30.3 Å². The normalized spacial score (nSPS) is 22.4. The lowest BCUT2D eigenvalue weighted by atomic mass is 9.97. The third-order valence-electron chi connectivity index (χ3n) is 3.71. The molecule has 116 valence electrons. The van der Waals surface area contributed by atoms with Crippen LogP contribution in [-0.4, -0.2) is 40.9 Å². The maximum absolute atomic E-state index is 12.2. The Bertz CT molecular complexity index is 467. The Labute approximate surface area is 126 Å². The average molecular weight is 291 g/mol. The molecule has 1 fully saturated rings.